The molecule has 4 nitrogen and oxygen atoms in total. The summed E-state index contributed by atoms with van der Waals surface area (Å²) in [5, 5.41) is 9.20. The normalized spacial score (nSPS) is 24.1. The minimum Gasteiger partial charge on any atom is -0.342 e. The van der Waals surface area contributed by atoms with Gasteiger partial charge in [0.2, 0.25) is 0 Å². The lowest BCUT2D eigenvalue weighted by molar-refractivity contribution is 0.00775. The van der Waals surface area contributed by atoms with Gasteiger partial charge in [0.1, 0.15) is 11.8 Å². The van der Waals surface area contributed by atoms with Crippen molar-refractivity contribution in [2.24, 2.45) is 12.5 Å². The van der Waals surface area contributed by atoms with Crippen molar-refractivity contribution in [2.45, 2.75) is 38.8 Å². The molecule has 3 heterocycles. The monoisotopic (exact) mass is 362 g/mol. The van der Waals surface area contributed by atoms with Gasteiger partial charge in [-0.1, -0.05) is 30.3 Å². The van der Waals surface area contributed by atoms with Gasteiger partial charge in [0, 0.05) is 39.4 Å². The first kappa shape index (κ1) is 18.3. The Morgan fingerprint density at radius 2 is 1.59 bits per heavy atom. The van der Waals surface area contributed by atoms with Gasteiger partial charge in [0.25, 0.3) is 0 Å². The molecule has 0 radical (unpaired) electrons. The highest BCUT2D eigenvalue weighted by molar-refractivity contribution is 5.28. The number of nitriles is 1. The zero-order chi connectivity index (χ0) is 18.7. The van der Waals surface area contributed by atoms with E-state index in [9.17, 15) is 5.26 Å². The summed E-state index contributed by atoms with van der Waals surface area (Å²) in [5.41, 5.74) is 3.89. The maximum atomic E-state index is 9.20. The van der Waals surface area contributed by atoms with E-state index in [-0.39, 0.29) is 0 Å². The fraction of sp³-hybridized carbons (Fsp3) is 0.522. The Labute approximate surface area is 163 Å². The van der Waals surface area contributed by atoms with Crippen LogP contribution in [0, 0.1) is 16.7 Å². The summed E-state index contributed by atoms with van der Waals surface area (Å²) in [6.45, 7) is 6.85. The SMILES string of the molecule is Cn1cc(CN2CCC[C@@]3(CCCN(Cc4ccccc4)C3)C2)cc1C#N. The number of rotatable bonds is 4. The first-order chi connectivity index (χ1) is 13.2. The number of likely N-dealkylation sites (tertiary alicyclic amines) is 2. The van der Waals surface area contributed by atoms with E-state index in [1.165, 1.54) is 63.0 Å². The molecular formula is C23H30N4. The van der Waals surface area contributed by atoms with Crippen LogP contribution in [-0.4, -0.2) is 40.5 Å². The number of aryl methyl sites for hydroxylation is 1. The number of hydrogen-bond donors (Lipinski definition) is 0. The standard InChI is InChI=1S/C23H30N4/c1-25-15-21(13-22(25)14-24)17-27-12-6-10-23(19-27)9-5-11-26(18-23)16-20-7-3-2-4-8-20/h2-4,7-8,13,15H,5-6,9-12,16-19H2,1H3/t23-/m1/s1. The van der Waals surface area contributed by atoms with Crippen molar-refractivity contribution in [3.05, 3.63) is 59.4 Å². The molecule has 0 aliphatic carbocycles. The Hall–Kier alpha value is -2.09. The Bertz CT molecular complexity index is 800. The van der Waals surface area contributed by atoms with Crippen LogP contribution in [-0.2, 0) is 20.1 Å². The molecule has 142 valence electrons. The molecule has 4 heteroatoms. The third-order valence-corrected chi connectivity index (χ3v) is 6.31. The van der Waals surface area contributed by atoms with Gasteiger partial charge in [-0.05, 0) is 61.4 Å². The van der Waals surface area contributed by atoms with E-state index in [0.717, 1.165) is 18.8 Å². The van der Waals surface area contributed by atoms with Crippen molar-refractivity contribution in [3.63, 3.8) is 0 Å². The van der Waals surface area contributed by atoms with Crippen LogP contribution in [0.2, 0.25) is 0 Å². The first-order valence-electron chi connectivity index (χ1n) is 10.2. The molecule has 2 saturated heterocycles. The topological polar surface area (TPSA) is 35.2 Å². The average molecular weight is 363 g/mol. The molecule has 0 N–H and O–H groups in total. The van der Waals surface area contributed by atoms with Crippen molar-refractivity contribution in [1.29, 1.82) is 5.26 Å². The van der Waals surface area contributed by atoms with Crippen LogP contribution in [0.4, 0.5) is 0 Å². The van der Waals surface area contributed by atoms with E-state index < -0.39 is 0 Å². The lowest BCUT2D eigenvalue weighted by atomic mass is 9.73. The van der Waals surface area contributed by atoms with Crippen molar-refractivity contribution in [1.82, 2.24) is 14.4 Å². The smallest absolute Gasteiger partial charge is 0.120 e. The molecule has 2 aromatic rings. The molecule has 1 atom stereocenters. The van der Waals surface area contributed by atoms with Crippen LogP contribution in [0.3, 0.4) is 0 Å². The van der Waals surface area contributed by atoms with Gasteiger partial charge in [-0.25, -0.2) is 0 Å². The molecule has 0 amide bonds. The van der Waals surface area contributed by atoms with Crippen molar-refractivity contribution in [2.75, 3.05) is 26.2 Å². The number of nitrogens with zero attached hydrogens (tertiary/aromatic N) is 4. The second-order valence-electron chi connectivity index (χ2n) is 8.57. The van der Waals surface area contributed by atoms with Gasteiger partial charge in [-0.3, -0.25) is 9.80 Å². The molecule has 2 aliphatic heterocycles. The van der Waals surface area contributed by atoms with Crippen molar-refractivity contribution < 1.29 is 0 Å². The van der Waals surface area contributed by atoms with Crippen LogP contribution in [0.25, 0.3) is 0 Å². The molecule has 2 fully saturated rings. The molecule has 1 aromatic carbocycles. The molecule has 2 aliphatic rings. The van der Waals surface area contributed by atoms with E-state index >= 15 is 0 Å². The fourth-order valence-electron chi connectivity index (χ4n) is 5.15. The van der Waals surface area contributed by atoms with Gasteiger partial charge in [-0.2, -0.15) is 5.26 Å². The van der Waals surface area contributed by atoms with Gasteiger partial charge in [0.15, 0.2) is 0 Å². The lowest BCUT2D eigenvalue weighted by Crippen LogP contribution is -2.51. The number of piperidine rings is 2. The van der Waals surface area contributed by atoms with Gasteiger partial charge in [0.05, 0.1) is 0 Å². The zero-order valence-electron chi connectivity index (χ0n) is 16.4. The quantitative estimate of drug-likeness (QED) is 0.830. The van der Waals surface area contributed by atoms with Crippen molar-refractivity contribution in [3.8, 4) is 6.07 Å². The van der Waals surface area contributed by atoms with Gasteiger partial charge >= 0.3 is 0 Å². The highest BCUT2D eigenvalue weighted by atomic mass is 15.2. The molecular weight excluding hydrogens is 332 g/mol. The Balaban J connectivity index is 1.40. The maximum Gasteiger partial charge on any atom is 0.120 e. The molecule has 27 heavy (non-hydrogen) atoms. The summed E-state index contributed by atoms with van der Waals surface area (Å²) in [7, 11) is 1.96. The fourth-order valence-corrected chi connectivity index (χ4v) is 5.15. The lowest BCUT2D eigenvalue weighted by Gasteiger charge is -2.48. The predicted octanol–water partition coefficient (Wildman–Crippen LogP) is 3.77. The third-order valence-electron chi connectivity index (χ3n) is 6.31. The predicted molar refractivity (Wildman–Crippen MR) is 108 cm³/mol. The number of hydrogen-bond acceptors (Lipinski definition) is 3. The minimum atomic E-state index is 0.443. The molecule has 0 saturated carbocycles. The van der Waals surface area contributed by atoms with E-state index in [4.69, 9.17) is 0 Å². The number of aromatic nitrogens is 1. The number of benzene rings is 1. The van der Waals surface area contributed by atoms with Crippen LogP contribution in [0.1, 0.15) is 42.5 Å². The first-order valence-corrected chi connectivity index (χ1v) is 10.2. The van der Waals surface area contributed by atoms with E-state index in [1.807, 2.05) is 17.7 Å². The van der Waals surface area contributed by atoms with E-state index in [1.54, 1.807) is 0 Å². The summed E-state index contributed by atoms with van der Waals surface area (Å²) in [6.07, 6.45) is 7.42. The molecule has 1 spiro atoms. The Kier molecular flexibility index (Phi) is 5.33. The molecule has 0 bridgehead atoms. The summed E-state index contributed by atoms with van der Waals surface area (Å²) in [5.74, 6) is 0. The van der Waals surface area contributed by atoms with Crippen LogP contribution >= 0.6 is 0 Å². The highest BCUT2D eigenvalue weighted by Gasteiger charge is 2.39. The second kappa shape index (κ2) is 7.88. The van der Waals surface area contributed by atoms with Crippen molar-refractivity contribution >= 4 is 0 Å². The summed E-state index contributed by atoms with van der Waals surface area (Å²) in [4.78, 5) is 5.28. The Morgan fingerprint density at radius 1 is 0.963 bits per heavy atom. The summed E-state index contributed by atoms with van der Waals surface area (Å²) < 4.78 is 1.94. The molecule has 0 unspecified atom stereocenters. The van der Waals surface area contributed by atoms with Crippen LogP contribution < -0.4 is 0 Å². The zero-order valence-corrected chi connectivity index (χ0v) is 16.4. The second-order valence-corrected chi connectivity index (χ2v) is 8.57. The molecule has 4 rings (SSSR count). The largest absolute Gasteiger partial charge is 0.342 e. The molecule has 1 aromatic heterocycles. The summed E-state index contributed by atoms with van der Waals surface area (Å²) in [6, 6.07) is 15.2. The average Bonchev–Trinajstić information content (AvgIpc) is 3.02. The third kappa shape index (κ3) is 4.26. The minimum absolute atomic E-state index is 0.443. The van der Waals surface area contributed by atoms with Gasteiger partial charge < -0.3 is 4.57 Å². The highest BCUT2D eigenvalue weighted by Crippen LogP contribution is 2.39. The maximum absolute atomic E-state index is 9.20. The summed E-state index contributed by atoms with van der Waals surface area (Å²) >= 11 is 0. The van der Waals surface area contributed by atoms with Crippen LogP contribution in [0.15, 0.2) is 42.6 Å². The van der Waals surface area contributed by atoms with E-state index in [0.29, 0.717) is 5.41 Å². The van der Waals surface area contributed by atoms with Gasteiger partial charge in [-0.15, -0.1) is 0 Å². The van der Waals surface area contributed by atoms with E-state index in [2.05, 4.69) is 52.4 Å². The van der Waals surface area contributed by atoms with Crippen LogP contribution in [0.5, 0.6) is 0 Å². The Morgan fingerprint density at radius 3 is 2.19 bits per heavy atom.